The first-order valence-electron chi connectivity index (χ1n) is 8.34. The Morgan fingerprint density at radius 3 is 2.47 bits per heavy atom. The zero-order valence-corrected chi connectivity index (χ0v) is 17.0. The molecule has 30 heavy (non-hydrogen) atoms. The molecular weight excluding hydrogens is 455 g/mol. The molecule has 2 aromatic carbocycles. The van der Waals surface area contributed by atoms with Crippen LogP contribution < -0.4 is 0 Å². The van der Waals surface area contributed by atoms with Gasteiger partial charge in [-0.05, 0) is 36.4 Å². The van der Waals surface area contributed by atoms with E-state index >= 15 is 0 Å². The van der Waals surface area contributed by atoms with Crippen molar-refractivity contribution >= 4 is 58.4 Å². The van der Waals surface area contributed by atoms with E-state index in [9.17, 15) is 14.9 Å². The molecule has 0 unspecified atom stereocenters. The van der Waals surface area contributed by atoms with E-state index in [1.54, 1.807) is 30.3 Å². The first-order valence-corrected chi connectivity index (χ1v) is 9.47. The Kier molecular flexibility index (Phi) is 5.34. The number of halogens is 3. The van der Waals surface area contributed by atoms with E-state index in [0.29, 0.717) is 27.1 Å². The average molecular weight is 464 g/mol. The molecule has 4 rings (SSSR count). The summed E-state index contributed by atoms with van der Waals surface area (Å²) < 4.78 is 10.8. The summed E-state index contributed by atoms with van der Waals surface area (Å²) in [6.45, 7) is 0. The SMILES string of the molecule is O=C1OC(c2cc([N+](=O)[O-])ccc2Cl)=N/C1=C\c1ccc(-c2cc(Cl)ccc2Cl)o1. The average Bonchev–Trinajstić information content (AvgIpc) is 3.31. The third-order valence-electron chi connectivity index (χ3n) is 4.11. The standard InChI is InChI=1S/C20H9Cl3N2O5/c21-10-1-4-15(22)13(7-10)18-6-3-12(29-18)9-17-20(26)30-19(24-17)14-8-11(25(27)28)2-5-16(14)23/h1-9H/b17-9-. The highest BCUT2D eigenvalue weighted by Gasteiger charge is 2.27. The summed E-state index contributed by atoms with van der Waals surface area (Å²) in [5.74, 6) is -0.106. The molecule has 1 aliphatic rings. The Bertz CT molecular complexity index is 1260. The summed E-state index contributed by atoms with van der Waals surface area (Å²) in [6, 6.07) is 12.0. The minimum absolute atomic E-state index is 0.0503. The van der Waals surface area contributed by atoms with Gasteiger partial charge in [0.25, 0.3) is 5.69 Å². The summed E-state index contributed by atoms with van der Waals surface area (Å²) in [5.41, 5.74) is 0.467. The summed E-state index contributed by atoms with van der Waals surface area (Å²) >= 11 is 18.3. The van der Waals surface area contributed by atoms with Gasteiger partial charge in [0.05, 0.1) is 20.5 Å². The van der Waals surface area contributed by atoms with Crippen molar-refractivity contribution < 1.29 is 18.9 Å². The topological polar surface area (TPSA) is 94.9 Å². The van der Waals surface area contributed by atoms with Crippen LogP contribution in [0.1, 0.15) is 11.3 Å². The summed E-state index contributed by atoms with van der Waals surface area (Å²) in [7, 11) is 0. The van der Waals surface area contributed by atoms with E-state index in [1.807, 2.05) is 0 Å². The number of benzene rings is 2. The van der Waals surface area contributed by atoms with Crippen LogP contribution in [0.25, 0.3) is 17.4 Å². The van der Waals surface area contributed by atoms with E-state index < -0.39 is 10.9 Å². The molecule has 0 spiro atoms. The first-order chi connectivity index (χ1) is 14.3. The number of rotatable bonds is 4. The minimum Gasteiger partial charge on any atom is -0.457 e. The molecule has 0 N–H and O–H groups in total. The Hall–Kier alpha value is -3.13. The highest BCUT2D eigenvalue weighted by atomic mass is 35.5. The highest BCUT2D eigenvalue weighted by molar-refractivity contribution is 6.35. The van der Waals surface area contributed by atoms with Crippen LogP contribution in [-0.4, -0.2) is 16.8 Å². The van der Waals surface area contributed by atoms with Crippen LogP contribution in [0.2, 0.25) is 15.1 Å². The molecule has 7 nitrogen and oxygen atoms in total. The molecule has 3 aromatic rings. The lowest BCUT2D eigenvalue weighted by Gasteiger charge is -2.02. The van der Waals surface area contributed by atoms with Gasteiger partial charge < -0.3 is 9.15 Å². The number of nitro groups is 1. The predicted molar refractivity (Wildman–Crippen MR) is 113 cm³/mol. The number of ether oxygens (including phenoxy) is 1. The number of carbonyl (C=O) groups excluding carboxylic acids is 1. The lowest BCUT2D eigenvalue weighted by Crippen LogP contribution is -2.06. The molecule has 0 saturated carbocycles. The van der Waals surface area contributed by atoms with Crippen LogP contribution in [0.5, 0.6) is 0 Å². The number of non-ortho nitro benzene ring substituents is 1. The molecule has 0 atom stereocenters. The predicted octanol–water partition coefficient (Wildman–Crippen LogP) is 6.16. The Balaban J connectivity index is 1.67. The second kappa shape index (κ2) is 7.95. The maximum Gasteiger partial charge on any atom is 0.363 e. The molecular formula is C20H9Cl3N2O5. The van der Waals surface area contributed by atoms with Crippen molar-refractivity contribution in [3.63, 3.8) is 0 Å². The van der Waals surface area contributed by atoms with Gasteiger partial charge in [0.15, 0.2) is 5.70 Å². The van der Waals surface area contributed by atoms with Gasteiger partial charge in [-0.1, -0.05) is 34.8 Å². The quantitative estimate of drug-likeness (QED) is 0.200. The smallest absolute Gasteiger partial charge is 0.363 e. The third-order valence-corrected chi connectivity index (χ3v) is 5.01. The molecule has 10 heteroatoms. The number of aliphatic imine (C=N–C) groups is 1. The van der Waals surface area contributed by atoms with Gasteiger partial charge in [0.2, 0.25) is 5.90 Å². The van der Waals surface area contributed by atoms with E-state index in [1.165, 1.54) is 24.3 Å². The number of carbonyl (C=O) groups is 1. The van der Waals surface area contributed by atoms with Crippen LogP contribution in [-0.2, 0) is 9.53 Å². The first kappa shape index (κ1) is 20.2. The van der Waals surface area contributed by atoms with Gasteiger partial charge in [0, 0.05) is 28.8 Å². The van der Waals surface area contributed by atoms with E-state index in [-0.39, 0.29) is 27.9 Å². The zero-order valence-electron chi connectivity index (χ0n) is 14.8. The summed E-state index contributed by atoms with van der Waals surface area (Å²) in [5, 5.41) is 12.1. The highest BCUT2D eigenvalue weighted by Crippen LogP contribution is 2.33. The van der Waals surface area contributed by atoms with E-state index in [0.717, 1.165) is 0 Å². The molecule has 0 bridgehead atoms. The van der Waals surface area contributed by atoms with Crippen LogP contribution in [0.4, 0.5) is 5.69 Å². The van der Waals surface area contributed by atoms with Crippen molar-refractivity contribution in [1.82, 2.24) is 0 Å². The minimum atomic E-state index is -0.744. The number of cyclic esters (lactones) is 1. The number of nitrogens with zero attached hydrogens (tertiary/aromatic N) is 2. The van der Waals surface area contributed by atoms with Crippen LogP contribution >= 0.6 is 34.8 Å². The van der Waals surface area contributed by atoms with E-state index in [4.69, 9.17) is 44.0 Å². The van der Waals surface area contributed by atoms with Gasteiger partial charge in [-0.3, -0.25) is 10.1 Å². The molecule has 0 amide bonds. The van der Waals surface area contributed by atoms with Gasteiger partial charge in [-0.2, -0.15) is 0 Å². The van der Waals surface area contributed by atoms with Crippen molar-refractivity contribution in [2.75, 3.05) is 0 Å². The third kappa shape index (κ3) is 3.95. The molecule has 2 heterocycles. The fourth-order valence-corrected chi connectivity index (χ4v) is 3.29. The largest absolute Gasteiger partial charge is 0.457 e. The molecule has 150 valence electrons. The number of esters is 1. The maximum atomic E-state index is 12.2. The van der Waals surface area contributed by atoms with Crippen LogP contribution in [0.3, 0.4) is 0 Å². The van der Waals surface area contributed by atoms with Crippen molar-refractivity contribution in [3.05, 3.63) is 90.7 Å². The van der Waals surface area contributed by atoms with Gasteiger partial charge in [0.1, 0.15) is 11.5 Å². The van der Waals surface area contributed by atoms with Crippen molar-refractivity contribution in [2.24, 2.45) is 4.99 Å². The normalized spacial score (nSPS) is 14.7. The van der Waals surface area contributed by atoms with Crippen LogP contribution in [0, 0.1) is 10.1 Å². The fourth-order valence-electron chi connectivity index (χ4n) is 2.71. The molecule has 1 aromatic heterocycles. The Morgan fingerprint density at radius 2 is 1.70 bits per heavy atom. The van der Waals surface area contributed by atoms with Crippen molar-refractivity contribution in [3.8, 4) is 11.3 Å². The van der Waals surface area contributed by atoms with Crippen molar-refractivity contribution in [1.29, 1.82) is 0 Å². The molecule has 0 radical (unpaired) electrons. The number of hydrogen-bond donors (Lipinski definition) is 0. The second-order valence-corrected chi connectivity index (χ2v) is 7.33. The molecule has 1 aliphatic heterocycles. The second-order valence-electron chi connectivity index (χ2n) is 6.08. The summed E-state index contributed by atoms with van der Waals surface area (Å²) in [6.07, 6.45) is 1.38. The van der Waals surface area contributed by atoms with E-state index in [2.05, 4.69) is 4.99 Å². The molecule has 0 fully saturated rings. The number of hydrogen-bond acceptors (Lipinski definition) is 6. The summed E-state index contributed by atoms with van der Waals surface area (Å²) in [4.78, 5) is 26.7. The fraction of sp³-hybridized carbons (Fsp3) is 0. The molecule has 0 aliphatic carbocycles. The Labute approximate surface area is 184 Å². The van der Waals surface area contributed by atoms with Crippen LogP contribution in [0.15, 0.2) is 63.6 Å². The molecule has 0 saturated heterocycles. The lowest BCUT2D eigenvalue weighted by atomic mass is 10.2. The van der Waals surface area contributed by atoms with Crippen molar-refractivity contribution in [2.45, 2.75) is 0 Å². The monoisotopic (exact) mass is 462 g/mol. The van der Waals surface area contributed by atoms with Gasteiger partial charge in [-0.25, -0.2) is 9.79 Å². The zero-order chi connectivity index (χ0) is 21.4. The Morgan fingerprint density at radius 1 is 0.967 bits per heavy atom. The maximum absolute atomic E-state index is 12.2. The van der Waals surface area contributed by atoms with Gasteiger partial charge >= 0.3 is 5.97 Å². The number of furan rings is 1. The van der Waals surface area contributed by atoms with Gasteiger partial charge in [-0.15, -0.1) is 0 Å². The lowest BCUT2D eigenvalue weighted by molar-refractivity contribution is -0.384. The number of nitro benzene ring substituents is 1.